The average Bonchev–Trinajstić information content (AvgIpc) is 3.40. The fourth-order valence-corrected chi connectivity index (χ4v) is 4.02. The third kappa shape index (κ3) is 4.14. The molecule has 1 amide bonds. The van der Waals surface area contributed by atoms with Crippen LogP contribution in [0.4, 0.5) is 13.2 Å². The van der Waals surface area contributed by atoms with Gasteiger partial charge in [0.05, 0.1) is 10.7 Å². The van der Waals surface area contributed by atoms with Crippen molar-refractivity contribution in [3.8, 4) is 5.69 Å². The number of benzene rings is 1. The molecule has 7 nitrogen and oxygen atoms in total. The maximum atomic E-state index is 13.4. The second kappa shape index (κ2) is 8.42. The molecule has 0 radical (unpaired) electrons. The smallest absolute Gasteiger partial charge is 0.337 e. The van der Waals surface area contributed by atoms with E-state index >= 15 is 0 Å². The lowest BCUT2D eigenvalue weighted by Gasteiger charge is -2.32. The van der Waals surface area contributed by atoms with Crippen LogP contribution in [-0.4, -0.2) is 49.0 Å². The summed E-state index contributed by atoms with van der Waals surface area (Å²) in [6.07, 6.45) is -0.467. The Hall–Kier alpha value is -3.14. The van der Waals surface area contributed by atoms with Crippen molar-refractivity contribution >= 4 is 23.3 Å². The van der Waals surface area contributed by atoms with Crippen LogP contribution in [0.15, 0.2) is 42.7 Å². The van der Waals surface area contributed by atoms with Gasteiger partial charge in [-0.25, -0.2) is 9.67 Å². The van der Waals surface area contributed by atoms with Gasteiger partial charge in [0.15, 0.2) is 11.5 Å². The van der Waals surface area contributed by atoms with Crippen molar-refractivity contribution in [2.45, 2.75) is 19.0 Å². The monoisotopic (exact) mass is 465 g/mol. The van der Waals surface area contributed by atoms with Crippen LogP contribution < -0.4 is 0 Å². The Morgan fingerprint density at radius 3 is 2.62 bits per heavy atom. The van der Waals surface area contributed by atoms with E-state index < -0.39 is 23.7 Å². The zero-order valence-corrected chi connectivity index (χ0v) is 17.8. The second-order valence-electron chi connectivity index (χ2n) is 7.59. The molecule has 0 spiro atoms. The number of nitrogens with zero attached hydrogens (tertiary/aromatic N) is 5. The number of halogens is 4. The third-order valence-electron chi connectivity index (χ3n) is 5.42. The van der Waals surface area contributed by atoms with Gasteiger partial charge in [0.2, 0.25) is 5.78 Å². The fourth-order valence-electron chi connectivity index (χ4n) is 3.80. The largest absolute Gasteiger partial charge is 0.435 e. The number of imidazole rings is 1. The number of hydrogen-bond acceptors (Lipinski definition) is 4. The van der Waals surface area contributed by atoms with Gasteiger partial charge >= 0.3 is 6.18 Å². The van der Waals surface area contributed by atoms with Gasteiger partial charge in [0.1, 0.15) is 5.69 Å². The molecule has 1 atom stereocenters. The van der Waals surface area contributed by atoms with Crippen LogP contribution in [0.25, 0.3) is 5.69 Å². The van der Waals surface area contributed by atoms with Gasteiger partial charge in [0.25, 0.3) is 5.91 Å². The molecule has 1 fully saturated rings. The van der Waals surface area contributed by atoms with E-state index in [1.807, 2.05) is 0 Å². The lowest BCUT2D eigenvalue weighted by atomic mass is 9.93. The zero-order chi connectivity index (χ0) is 23.0. The van der Waals surface area contributed by atoms with E-state index in [-0.39, 0.29) is 34.6 Å². The molecule has 0 saturated carbocycles. The molecular weight excluding hydrogens is 447 g/mol. The Bertz CT molecular complexity index is 1170. The molecule has 1 aromatic carbocycles. The number of carbonyl (C=O) groups is 2. The summed E-state index contributed by atoms with van der Waals surface area (Å²) in [5, 5.41) is 3.77. The number of likely N-dealkylation sites (tertiary alicyclic amines) is 1. The molecule has 1 unspecified atom stereocenters. The summed E-state index contributed by atoms with van der Waals surface area (Å²) < 4.78 is 42.7. The molecule has 3 heterocycles. The Balaban J connectivity index is 1.66. The molecule has 168 valence electrons. The molecular formula is C21H19ClF3N5O2. The molecule has 2 aromatic heterocycles. The van der Waals surface area contributed by atoms with Crippen molar-refractivity contribution in [3.63, 3.8) is 0 Å². The Kier molecular flexibility index (Phi) is 5.81. The summed E-state index contributed by atoms with van der Waals surface area (Å²) in [4.78, 5) is 31.6. The van der Waals surface area contributed by atoms with Gasteiger partial charge < -0.3 is 9.47 Å². The lowest BCUT2D eigenvalue weighted by Crippen LogP contribution is -2.43. The van der Waals surface area contributed by atoms with Crippen LogP contribution in [0.2, 0.25) is 5.02 Å². The SMILES string of the molecule is Cn1ccnc1C(=O)C1CCCN(C(=O)c2cc(C(F)(F)F)nn2-c2ccccc2Cl)C1. The topological polar surface area (TPSA) is 73.0 Å². The number of ketones is 1. The van der Waals surface area contributed by atoms with Crippen molar-refractivity contribution in [2.24, 2.45) is 13.0 Å². The quantitative estimate of drug-likeness (QED) is 0.546. The van der Waals surface area contributed by atoms with Crippen LogP contribution in [-0.2, 0) is 13.2 Å². The van der Waals surface area contributed by atoms with E-state index in [1.165, 1.54) is 23.2 Å². The van der Waals surface area contributed by atoms with E-state index in [0.29, 0.717) is 19.4 Å². The Morgan fingerprint density at radius 1 is 1.22 bits per heavy atom. The molecule has 0 aliphatic carbocycles. The number of alkyl halides is 3. The summed E-state index contributed by atoms with van der Waals surface area (Å²) in [6, 6.07) is 6.92. The highest BCUT2D eigenvalue weighted by Crippen LogP contribution is 2.32. The number of carbonyl (C=O) groups excluding carboxylic acids is 2. The third-order valence-corrected chi connectivity index (χ3v) is 5.74. The maximum absolute atomic E-state index is 13.4. The minimum atomic E-state index is -4.74. The van der Waals surface area contributed by atoms with Gasteiger partial charge in [0, 0.05) is 44.5 Å². The van der Waals surface area contributed by atoms with Crippen LogP contribution in [0, 0.1) is 5.92 Å². The maximum Gasteiger partial charge on any atom is 0.435 e. The van der Waals surface area contributed by atoms with Crippen molar-refractivity contribution in [3.05, 3.63) is 65.0 Å². The van der Waals surface area contributed by atoms with Crippen molar-refractivity contribution in [1.29, 1.82) is 0 Å². The molecule has 1 aliphatic heterocycles. The van der Waals surface area contributed by atoms with E-state index in [4.69, 9.17) is 11.6 Å². The van der Waals surface area contributed by atoms with Gasteiger partial charge in [-0.2, -0.15) is 18.3 Å². The van der Waals surface area contributed by atoms with Crippen molar-refractivity contribution < 1.29 is 22.8 Å². The minimum Gasteiger partial charge on any atom is -0.337 e. The van der Waals surface area contributed by atoms with Crippen LogP contribution in [0.3, 0.4) is 0 Å². The predicted octanol–water partition coefficient (Wildman–Crippen LogP) is 4.01. The number of amides is 1. The van der Waals surface area contributed by atoms with Crippen LogP contribution in [0.5, 0.6) is 0 Å². The molecule has 32 heavy (non-hydrogen) atoms. The summed E-state index contributed by atoms with van der Waals surface area (Å²) in [7, 11) is 1.70. The van der Waals surface area contributed by atoms with E-state index in [9.17, 15) is 22.8 Å². The van der Waals surface area contributed by atoms with E-state index in [0.717, 1.165) is 10.7 Å². The Labute approximate surface area is 186 Å². The Morgan fingerprint density at radius 2 is 1.97 bits per heavy atom. The highest BCUT2D eigenvalue weighted by molar-refractivity contribution is 6.32. The molecule has 0 bridgehead atoms. The van der Waals surface area contributed by atoms with Crippen molar-refractivity contribution in [2.75, 3.05) is 13.1 Å². The number of Topliss-reactive ketones (excluding diaryl/α,β-unsaturated/α-hetero) is 1. The first-order valence-electron chi connectivity index (χ1n) is 9.90. The number of aromatic nitrogens is 4. The van der Waals surface area contributed by atoms with Crippen LogP contribution in [0.1, 0.15) is 39.6 Å². The standard InChI is InChI=1S/C21H19ClF3N5O2/c1-28-10-8-26-19(28)18(31)13-5-4-9-29(12-13)20(32)16-11-17(21(23,24)25)27-30(16)15-7-3-2-6-14(15)22/h2-3,6-8,10-11,13H,4-5,9,12H2,1H3. The molecule has 1 saturated heterocycles. The van der Waals surface area contributed by atoms with E-state index in [2.05, 4.69) is 10.1 Å². The number of rotatable bonds is 4. The van der Waals surface area contributed by atoms with Gasteiger partial charge in [-0.15, -0.1) is 0 Å². The number of aryl methyl sites for hydroxylation is 1. The van der Waals surface area contributed by atoms with Gasteiger partial charge in [-0.05, 0) is 25.0 Å². The normalized spacial score (nSPS) is 16.9. The first-order chi connectivity index (χ1) is 15.2. The van der Waals surface area contributed by atoms with Gasteiger partial charge in [-0.1, -0.05) is 23.7 Å². The number of para-hydroxylation sites is 1. The number of piperidine rings is 1. The molecule has 1 aliphatic rings. The van der Waals surface area contributed by atoms with Crippen LogP contribution >= 0.6 is 11.6 Å². The summed E-state index contributed by atoms with van der Waals surface area (Å²) in [5.74, 6) is -1.06. The fraction of sp³-hybridized carbons (Fsp3) is 0.333. The first-order valence-corrected chi connectivity index (χ1v) is 10.3. The van der Waals surface area contributed by atoms with Gasteiger partial charge in [-0.3, -0.25) is 9.59 Å². The summed E-state index contributed by atoms with van der Waals surface area (Å²) in [5.41, 5.74) is -1.31. The molecule has 3 aromatic rings. The lowest BCUT2D eigenvalue weighted by molar-refractivity contribution is -0.141. The molecule has 4 rings (SSSR count). The molecule has 0 N–H and O–H groups in total. The highest BCUT2D eigenvalue weighted by atomic mass is 35.5. The summed E-state index contributed by atoms with van der Waals surface area (Å²) >= 11 is 6.16. The highest BCUT2D eigenvalue weighted by Gasteiger charge is 2.38. The predicted molar refractivity (Wildman–Crippen MR) is 110 cm³/mol. The number of hydrogen-bond donors (Lipinski definition) is 0. The second-order valence-corrected chi connectivity index (χ2v) is 8.00. The average molecular weight is 466 g/mol. The summed E-state index contributed by atoms with van der Waals surface area (Å²) in [6.45, 7) is 0.401. The van der Waals surface area contributed by atoms with Crippen molar-refractivity contribution in [1.82, 2.24) is 24.2 Å². The van der Waals surface area contributed by atoms with E-state index in [1.54, 1.807) is 29.9 Å². The first kappa shape index (κ1) is 22.1. The minimum absolute atomic E-state index is 0.0829. The zero-order valence-electron chi connectivity index (χ0n) is 17.0. The molecule has 11 heteroatoms.